The van der Waals surface area contributed by atoms with E-state index in [0.29, 0.717) is 13.1 Å². The number of nitrogens with zero attached hydrogens (tertiary/aromatic N) is 1. The maximum atomic E-state index is 11.8. The zero-order valence-electron chi connectivity index (χ0n) is 9.74. The Morgan fingerprint density at radius 1 is 1.33 bits per heavy atom. The fourth-order valence-corrected chi connectivity index (χ4v) is 2.24. The lowest BCUT2D eigenvalue weighted by molar-refractivity contribution is -0.177. The number of carbonyl (C=O) groups is 2. The van der Waals surface area contributed by atoms with Crippen LogP contribution in [0.2, 0.25) is 0 Å². The number of hydrogen-bond donors (Lipinski definition) is 0. The van der Waals surface area contributed by atoms with Crippen molar-refractivity contribution in [3.63, 3.8) is 0 Å². The second-order valence-electron chi connectivity index (χ2n) is 4.53. The van der Waals surface area contributed by atoms with Gasteiger partial charge < -0.3 is 14.4 Å². The molecule has 0 unspecified atom stereocenters. The number of ether oxygens (including phenoxy) is 2. The average molecular weight is 247 g/mol. The number of amides is 1. The van der Waals surface area contributed by atoms with Crippen molar-refractivity contribution in [2.45, 2.75) is 12.7 Å². The molecule has 2 atom stereocenters. The van der Waals surface area contributed by atoms with Gasteiger partial charge in [-0.1, -0.05) is 30.3 Å². The number of benzene rings is 1. The minimum absolute atomic E-state index is 0.123. The third-order valence-corrected chi connectivity index (χ3v) is 3.30. The Morgan fingerprint density at radius 3 is 2.78 bits per heavy atom. The lowest BCUT2D eigenvalue weighted by Gasteiger charge is -2.26. The molecule has 5 nitrogen and oxygen atoms in total. The summed E-state index contributed by atoms with van der Waals surface area (Å²) in [6.07, 6.45) is -0.508. The van der Waals surface area contributed by atoms with Gasteiger partial charge in [-0.2, -0.15) is 0 Å². The Labute approximate surface area is 104 Å². The molecule has 2 saturated heterocycles. The van der Waals surface area contributed by atoms with Crippen LogP contribution in [0.3, 0.4) is 0 Å². The number of rotatable bonds is 2. The Balaban J connectivity index is 1.52. The average Bonchev–Trinajstić information content (AvgIpc) is 2.74. The molecule has 1 aromatic carbocycles. The molecule has 0 aliphatic carbocycles. The first-order chi connectivity index (χ1) is 8.74. The van der Waals surface area contributed by atoms with Crippen LogP contribution < -0.4 is 0 Å². The molecule has 0 spiro atoms. The van der Waals surface area contributed by atoms with E-state index < -0.39 is 0 Å². The largest absolute Gasteiger partial charge is 0.459 e. The summed E-state index contributed by atoms with van der Waals surface area (Å²) in [6, 6.07) is 9.49. The van der Waals surface area contributed by atoms with Crippen molar-refractivity contribution in [3.05, 3.63) is 35.9 Å². The number of likely N-dealkylation sites (tertiary alicyclic amines) is 1. The minimum Gasteiger partial charge on any atom is -0.459 e. The van der Waals surface area contributed by atoms with Gasteiger partial charge in [-0.25, -0.2) is 4.79 Å². The highest BCUT2D eigenvalue weighted by Crippen LogP contribution is 2.30. The van der Waals surface area contributed by atoms with Crippen LogP contribution in [0.25, 0.3) is 0 Å². The summed E-state index contributed by atoms with van der Waals surface area (Å²) in [6.45, 7) is 1.11. The molecular weight excluding hydrogens is 234 g/mol. The highest BCUT2D eigenvalue weighted by atomic mass is 16.6. The van der Waals surface area contributed by atoms with Crippen LogP contribution in [0.1, 0.15) is 5.56 Å². The maximum absolute atomic E-state index is 11.8. The summed E-state index contributed by atoms with van der Waals surface area (Å²) < 4.78 is 10.1. The molecule has 2 aliphatic heterocycles. The van der Waals surface area contributed by atoms with Crippen molar-refractivity contribution in [2.75, 3.05) is 13.1 Å². The van der Waals surface area contributed by atoms with E-state index in [0.717, 1.165) is 5.56 Å². The van der Waals surface area contributed by atoms with Crippen LogP contribution in [-0.2, 0) is 20.9 Å². The highest BCUT2D eigenvalue weighted by molar-refractivity contribution is 5.81. The standard InChI is InChI=1S/C13H13NO4/c15-12-10-6-14(7-11(10)18-12)13(16)17-8-9-4-2-1-3-5-9/h1-5,10-11H,6-8H2/t10-,11+/m0/s1. The van der Waals surface area contributed by atoms with Crippen LogP contribution in [0.4, 0.5) is 4.79 Å². The quantitative estimate of drug-likeness (QED) is 0.736. The summed E-state index contributed by atoms with van der Waals surface area (Å²) in [4.78, 5) is 24.4. The van der Waals surface area contributed by atoms with Crippen LogP contribution in [0.15, 0.2) is 30.3 Å². The molecule has 0 bridgehead atoms. The van der Waals surface area contributed by atoms with E-state index in [1.807, 2.05) is 30.3 Å². The summed E-state index contributed by atoms with van der Waals surface area (Å²) >= 11 is 0. The molecule has 5 heteroatoms. The molecule has 0 N–H and O–H groups in total. The lowest BCUT2D eigenvalue weighted by Crippen LogP contribution is -2.43. The van der Waals surface area contributed by atoms with Gasteiger partial charge in [-0.15, -0.1) is 0 Å². The summed E-state index contributed by atoms with van der Waals surface area (Å²) in [5, 5.41) is 0. The first-order valence-electron chi connectivity index (χ1n) is 5.90. The normalized spacial score (nSPS) is 25.1. The van der Waals surface area contributed by atoms with Crippen molar-refractivity contribution in [2.24, 2.45) is 5.92 Å². The Morgan fingerprint density at radius 2 is 2.11 bits per heavy atom. The van der Waals surface area contributed by atoms with Gasteiger partial charge >= 0.3 is 12.1 Å². The van der Waals surface area contributed by atoms with Crippen molar-refractivity contribution in [1.29, 1.82) is 0 Å². The van der Waals surface area contributed by atoms with Crippen LogP contribution in [0.5, 0.6) is 0 Å². The zero-order valence-corrected chi connectivity index (χ0v) is 9.74. The van der Waals surface area contributed by atoms with E-state index in [2.05, 4.69) is 0 Å². The third kappa shape index (κ3) is 1.92. The Kier molecular flexibility index (Phi) is 2.66. The number of fused-ring (bicyclic) bond motifs is 1. The monoisotopic (exact) mass is 247 g/mol. The van der Waals surface area contributed by atoms with Gasteiger partial charge in [0.1, 0.15) is 18.6 Å². The summed E-state index contributed by atoms with van der Waals surface area (Å²) in [7, 11) is 0. The smallest absolute Gasteiger partial charge is 0.410 e. The van der Waals surface area contributed by atoms with Gasteiger partial charge in [0.05, 0.1) is 6.54 Å². The first kappa shape index (κ1) is 11.1. The predicted octanol–water partition coefficient (Wildman–Crippen LogP) is 1.18. The molecule has 18 heavy (non-hydrogen) atoms. The summed E-state index contributed by atoms with van der Waals surface area (Å²) in [5.74, 6) is -0.354. The summed E-state index contributed by atoms with van der Waals surface area (Å²) in [5.41, 5.74) is 0.945. The van der Waals surface area contributed by atoms with E-state index in [-0.39, 0.29) is 30.7 Å². The molecule has 2 heterocycles. The lowest BCUT2D eigenvalue weighted by atomic mass is 10.0. The molecule has 0 radical (unpaired) electrons. The van der Waals surface area contributed by atoms with Crippen molar-refractivity contribution in [1.82, 2.24) is 4.90 Å². The van der Waals surface area contributed by atoms with Gasteiger partial charge in [0.15, 0.2) is 0 Å². The van der Waals surface area contributed by atoms with E-state index >= 15 is 0 Å². The predicted molar refractivity (Wildman–Crippen MR) is 61.6 cm³/mol. The minimum atomic E-state index is -0.385. The van der Waals surface area contributed by atoms with E-state index in [4.69, 9.17) is 9.47 Å². The second-order valence-corrected chi connectivity index (χ2v) is 4.53. The SMILES string of the molecule is O=C1O[C@@H]2CN(C(=O)OCc3ccccc3)C[C@H]12. The van der Waals surface area contributed by atoms with E-state index in [9.17, 15) is 9.59 Å². The number of esters is 1. The fraction of sp³-hybridized carbons (Fsp3) is 0.385. The number of hydrogen-bond acceptors (Lipinski definition) is 4. The molecule has 0 aromatic heterocycles. The van der Waals surface area contributed by atoms with Crippen LogP contribution >= 0.6 is 0 Å². The van der Waals surface area contributed by atoms with Crippen LogP contribution in [0, 0.1) is 5.92 Å². The molecule has 3 rings (SSSR count). The molecule has 1 amide bonds. The van der Waals surface area contributed by atoms with Crippen LogP contribution in [-0.4, -0.2) is 36.2 Å². The van der Waals surface area contributed by atoms with E-state index in [1.54, 1.807) is 0 Å². The maximum Gasteiger partial charge on any atom is 0.410 e. The van der Waals surface area contributed by atoms with Crippen molar-refractivity contribution < 1.29 is 19.1 Å². The molecule has 0 saturated carbocycles. The Hall–Kier alpha value is -2.04. The molecular formula is C13H13NO4. The zero-order chi connectivity index (χ0) is 12.5. The third-order valence-electron chi connectivity index (χ3n) is 3.30. The second kappa shape index (κ2) is 4.33. The highest BCUT2D eigenvalue weighted by Gasteiger charge is 2.50. The molecule has 2 aliphatic rings. The van der Waals surface area contributed by atoms with Gasteiger partial charge in [0.25, 0.3) is 0 Å². The first-order valence-corrected chi connectivity index (χ1v) is 5.90. The molecule has 94 valence electrons. The van der Waals surface area contributed by atoms with Gasteiger partial charge in [0.2, 0.25) is 0 Å². The topological polar surface area (TPSA) is 55.8 Å². The molecule has 2 fully saturated rings. The van der Waals surface area contributed by atoms with Gasteiger partial charge in [-0.3, -0.25) is 4.79 Å². The van der Waals surface area contributed by atoms with Gasteiger partial charge in [-0.05, 0) is 5.56 Å². The van der Waals surface area contributed by atoms with Crippen molar-refractivity contribution in [3.8, 4) is 0 Å². The Bertz CT molecular complexity index is 473. The van der Waals surface area contributed by atoms with Gasteiger partial charge in [0, 0.05) is 6.54 Å². The van der Waals surface area contributed by atoms with E-state index in [1.165, 1.54) is 4.90 Å². The molecule has 1 aromatic rings. The number of carbonyl (C=O) groups excluding carboxylic acids is 2. The van der Waals surface area contributed by atoms with Crippen molar-refractivity contribution >= 4 is 12.1 Å². The fourth-order valence-electron chi connectivity index (χ4n) is 2.24.